The highest BCUT2D eigenvalue weighted by molar-refractivity contribution is 5.76. The quantitative estimate of drug-likeness (QED) is 0.841. The second-order valence-corrected chi connectivity index (χ2v) is 6.92. The van der Waals surface area contributed by atoms with Crippen molar-refractivity contribution < 1.29 is 4.79 Å². The molecule has 2 N–H and O–H groups in total. The lowest BCUT2D eigenvalue weighted by Crippen LogP contribution is -2.34. The molecule has 1 amide bonds. The summed E-state index contributed by atoms with van der Waals surface area (Å²) in [5, 5.41) is 0. The van der Waals surface area contributed by atoms with Gasteiger partial charge >= 0.3 is 0 Å². The minimum absolute atomic E-state index is 0.294. The molecule has 0 aromatic heterocycles. The van der Waals surface area contributed by atoms with Crippen LogP contribution in [0.1, 0.15) is 53.4 Å². The van der Waals surface area contributed by atoms with Gasteiger partial charge in [-0.2, -0.15) is 0 Å². The molecule has 1 saturated heterocycles. The Morgan fingerprint density at radius 3 is 2.56 bits per heavy atom. The smallest absolute Gasteiger partial charge is 0.222 e. The highest BCUT2D eigenvalue weighted by Crippen LogP contribution is 2.34. The predicted octanol–water partition coefficient (Wildman–Crippen LogP) is 2.65. The zero-order valence-electron chi connectivity index (χ0n) is 12.5. The molecule has 106 valence electrons. The fourth-order valence-electron chi connectivity index (χ4n) is 2.72. The van der Waals surface area contributed by atoms with Crippen molar-refractivity contribution in [2.45, 2.75) is 53.4 Å². The van der Waals surface area contributed by atoms with E-state index < -0.39 is 0 Å². The molecule has 0 saturated carbocycles. The normalized spacial score (nSPS) is 23.6. The van der Waals surface area contributed by atoms with E-state index in [1.54, 1.807) is 0 Å². The molecular formula is C15H30N2O. The number of rotatable bonds is 3. The maximum atomic E-state index is 12.1. The highest BCUT2D eigenvalue weighted by atomic mass is 16.2. The molecule has 2 unspecified atom stereocenters. The van der Waals surface area contributed by atoms with E-state index in [1.807, 2.05) is 6.92 Å². The minimum atomic E-state index is 0.294. The van der Waals surface area contributed by atoms with Gasteiger partial charge in [0.25, 0.3) is 0 Å². The third-order valence-electron chi connectivity index (χ3n) is 4.23. The summed E-state index contributed by atoms with van der Waals surface area (Å²) in [6.45, 7) is 11.4. The zero-order valence-corrected chi connectivity index (χ0v) is 12.5. The van der Waals surface area contributed by atoms with Gasteiger partial charge in [0.15, 0.2) is 0 Å². The van der Waals surface area contributed by atoms with E-state index in [4.69, 9.17) is 5.73 Å². The van der Waals surface area contributed by atoms with Gasteiger partial charge in [-0.1, -0.05) is 27.7 Å². The van der Waals surface area contributed by atoms with Crippen LogP contribution >= 0.6 is 0 Å². The Morgan fingerprint density at radius 2 is 2.00 bits per heavy atom. The number of nitrogens with two attached hydrogens (primary N) is 1. The Morgan fingerprint density at radius 1 is 1.33 bits per heavy atom. The van der Waals surface area contributed by atoms with E-state index in [9.17, 15) is 4.79 Å². The molecule has 1 heterocycles. The van der Waals surface area contributed by atoms with Gasteiger partial charge < -0.3 is 10.6 Å². The lowest BCUT2D eigenvalue weighted by atomic mass is 9.77. The summed E-state index contributed by atoms with van der Waals surface area (Å²) in [7, 11) is 0. The van der Waals surface area contributed by atoms with E-state index >= 15 is 0 Å². The Kier molecular flexibility index (Phi) is 5.64. The maximum absolute atomic E-state index is 12.1. The number of likely N-dealkylation sites (tertiary alicyclic amines) is 1. The number of carbonyl (C=O) groups is 1. The summed E-state index contributed by atoms with van der Waals surface area (Å²) in [4.78, 5) is 14.2. The van der Waals surface area contributed by atoms with Crippen molar-refractivity contribution in [1.29, 1.82) is 0 Å². The van der Waals surface area contributed by atoms with Gasteiger partial charge in [0.05, 0.1) is 0 Å². The third-order valence-corrected chi connectivity index (χ3v) is 4.23. The molecule has 1 fully saturated rings. The van der Waals surface area contributed by atoms with Gasteiger partial charge in [-0.3, -0.25) is 4.79 Å². The molecule has 0 aromatic rings. The lowest BCUT2D eigenvalue weighted by molar-refractivity contribution is -0.132. The second kappa shape index (κ2) is 6.55. The molecule has 0 bridgehead atoms. The number of carbonyl (C=O) groups excluding carboxylic acids is 1. The summed E-state index contributed by atoms with van der Waals surface area (Å²) >= 11 is 0. The Labute approximate surface area is 112 Å². The van der Waals surface area contributed by atoms with Crippen molar-refractivity contribution in [3.63, 3.8) is 0 Å². The van der Waals surface area contributed by atoms with Crippen LogP contribution in [0.3, 0.4) is 0 Å². The zero-order chi connectivity index (χ0) is 13.8. The van der Waals surface area contributed by atoms with Crippen LogP contribution in [-0.2, 0) is 4.79 Å². The number of nitrogens with zero attached hydrogens (tertiary/aromatic N) is 1. The van der Waals surface area contributed by atoms with Gasteiger partial charge in [0, 0.05) is 19.5 Å². The molecular weight excluding hydrogens is 224 g/mol. The second-order valence-electron chi connectivity index (χ2n) is 6.92. The topological polar surface area (TPSA) is 46.3 Å². The molecule has 1 aliphatic rings. The molecule has 18 heavy (non-hydrogen) atoms. The first-order valence-corrected chi connectivity index (χ1v) is 7.32. The van der Waals surface area contributed by atoms with Gasteiger partial charge in [0.1, 0.15) is 0 Å². The van der Waals surface area contributed by atoms with Crippen molar-refractivity contribution in [1.82, 2.24) is 4.90 Å². The van der Waals surface area contributed by atoms with Crippen LogP contribution in [0.4, 0.5) is 0 Å². The summed E-state index contributed by atoms with van der Waals surface area (Å²) in [5.41, 5.74) is 5.95. The SMILES string of the molecule is CC(CN)CC(=O)N1CCCC(C(C)(C)C)CC1. The fourth-order valence-corrected chi connectivity index (χ4v) is 2.72. The van der Waals surface area contributed by atoms with Crippen LogP contribution in [0.5, 0.6) is 0 Å². The highest BCUT2D eigenvalue weighted by Gasteiger charge is 2.28. The average Bonchev–Trinajstić information content (AvgIpc) is 2.53. The molecule has 0 aliphatic carbocycles. The summed E-state index contributed by atoms with van der Waals surface area (Å²) < 4.78 is 0. The van der Waals surface area contributed by atoms with Crippen LogP contribution in [0.15, 0.2) is 0 Å². The lowest BCUT2D eigenvalue weighted by Gasteiger charge is -2.29. The molecule has 1 rings (SSSR count). The average molecular weight is 254 g/mol. The number of hydrogen-bond acceptors (Lipinski definition) is 2. The monoisotopic (exact) mass is 254 g/mol. The summed E-state index contributed by atoms with van der Waals surface area (Å²) in [5.74, 6) is 1.34. The molecule has 0 aromatic carbocycles. The van der Waals surface area contributed by atoms with Crippen LogP contribution in [0.2, 0.25) is 0 Å². The van der Waals surface area contributed by atoms with Crippen LogP contribution in [0, 0.1) is 17.3 Å². The largest absolute Gasteiger partial charge is 0.343 e. The Balaban J connectivity index is 2.49. The molecule has 2 atom stereocenters. The van der Waals surface area contributed by atoms with E-state index in [-0.39, 0.29) is 0 Å². The van der Waals surface area contributed by atoms with E-state index in [0.717, 1.165) is 31.8 Å². The van der Waals surface area contributed by atoms with Crippen molar-refractivity contribution in [2.75, 3.05) is 19.6 Å². The van der Waals surface area contributed by atoms with E-state index in [1.165, 1.54) is 6.42 Å². The first-order chi connectivity index (χ1) is 8.34. The van der Waals surface area contributed by atoms with Gasteiger partial charge in [-0.15, -0.1) is 0 Å². The molecule has 0 radical (unpaired) electrons. The molecule has 0 spiro atoms. The summed E-state index contributed by atoms with van der Waals surface area (Å²) in [6.07, 6.45) is 4.15. The molecule has 1 aliphatic heterocycles. The van der Waals surface area contributed by atoms with Crippen LogP contribution in [0.25, 0.3) is 0 Å². The van der Waals surface area contributed by atoms with Crippen LogP contribution < -0.4 is 5.73 Å². The Bertz CT molecular complexity index is 270. The van der Waals surface area contributed by atoms with E-state index in [0.29, 0.717) is 30.2 Å². The number of hydrogen-bond donors (Lipinski definition) is 1. The van der Waals surface area contributed by atoms with Crippen LogP contribution in [-0.4, -0.2) is 30.4 Å². The minimum Gasteiger partial charge on any atom is -0.343 e. The van der Waals surface area contributed by atoms with Crippen molar-refractivity contribution in [3.05, 3.63) is 0 Å². The first-order valence-electron chi connectivity index (χ1n) is 7.32. The fraction of sp³-hybridized carbons (Fsp3) is 0.933. The Hall–Kier alpha value is -0.570. The molecule has 3 heteroatoms. The molecule has 3 nitrogen and oxygen atoms in total. The van der Waals surface area contributed by atoms with Gasteiger partial charge in [-0.25, -0.2) is 0 Å². The third kappa shape index (κ3) is 4.60. The maximum Gasteiger partial charge on any atom is 0.222 e. The van der Waals surface area contributed by atoms with E-state index in [2.05, 4.69) is 25.7 Å². The van der Waals surface area contributed by atoms with Gasteiger partial charge in [0.2, 0.25) is 5.91 Å². The standard InChI is InChI=1S/C15H30N2O/c1-12(11-16)10-14(18)17-8-5-6-13(7-9-17)15(2,3)4/h12-13H,5-11,16H2,1-4H3. The summed E-state index contributed by atoms with van der Waals surface area (Å²) in [6, 6.07) is 0. The number of amides is 1. The van der Waals surface area contributed by atoms with Crippen molar-refractivity contribution in [3.8, 4) is 0 Å². The van der Waals surface area contributed by atoms with Crippen molar-refractivity contribution >= 4 is 5.91 Å². The van der Waals surface area contributed by atoms with Crippen molar-refractivity contribution in [2.24, 2.45) is 23.0 Å². The predicted molar refractivity (Wildman–Crippen MR) is 76.2 cm³/mol. The van der Waals surface area contributed by atoms with Gasteiger partial charge in [-0.05, 0) is 43.1 Å². The first kappa shape index (κ1) is 15.5.